The van der Waals surface area contributed by atoms with Crippen LogP contribution in [-0.4, -0.2) is 64.7 Å². The summed E-state index contributed by atoms with van der Waals surface area (Å²) in [6.45, 7) is 10.3. The van der Waals surface area contributed by atoms with E-state index in [0.717, 1.165) is 38.4 Å². The molecule has 2 fully saturated rings. The van der Waals surface area contributed by atoms with E-state index in [2.05, 4.69) is 40.7 Å². The SMILES string of the molecule is CC(C)c1noc(C(C)N2CCN(C3CCOC3=O)CC2)n1. The maximum absolute atomic E-state index is 11.7. The van der Waals surface area contributed by atoms with Crippen LogP contribution in [0.3, 0.4) is 0 Å². The van der Waals surface area contributed by atoms with Crippen LogP contribution in [0.15, 0.2) is 4.52 Å². The minimum absolute atomic E-state index is 0.0478. The molecule has 7 nitrogen and oxygen atoms in total. The van der Waals surface area contributed by atoms with Crippen molar-refractivity contribution in [1.82, 2.24) is 19.9 Å². The molecule has 2 atom stereocenters. The number of aromatic nitrogens is 2. The summed E-state index contributed by atoms with van der Waals surface area (Å²) >= 11 is 0. The Kier molecular flexibility index (Phi) is 4.44. The highest BCUT2D eigenvalue weighted by Gasteiger charge is 2.35. The summed E-state index contributed by atoms with van der Waals surface area (Å²) in [6.07, 6.45) is 0.815. The van der Waals surface area contributed by atoms with Gasteiger partial charge in [0.05, 0.1) is 12.6 Å². The highest BCUT2D eigenvalue weighted by molar-refractivity contribution is 5.77. The normalized spacial score (nSPS) is 25.6. The number of cyclic esters (lactones) is 1. The average molecular weight is 308 g/mol. The third-order valence-electron chi connectivity index (χ3n) is 4.58. The zero-order valence-corrected chi connectivity index (χ0v) is 13.5. The Bertz CT molecular complexity index is 523. The topological polar surface area (TPSA) is 71.7 Å². The van der Waals surface area contributed by atoms with Crippen molar-refractivity contribution in [2.24, 2.45) is 0 Å². The Hall–Kier alpha value is -1.47. The fraction of sp³-hybridized carbons (Fsp3) is 0.800. The largest absolute Gasteiger partial charge is 0.464 e. The molecule has 0 saturated carbocycles. The molecule has 0 spiro atoms. The molecule has 2 aliphatic heterocycles. The van der Waals surface area contributed by atoms with E-state index in [9.17, 15) is 4.79 Å². The van der Waals surface area contributed by atoms with Crippen molar-refractivity contribution in [3.63, 3.8) is 0 Å². The van der Waals surface area contributed by atoms with Crippen molar-refractivity contribution in [3.05, 3.63) is 11.7 Å². The number of ether oxygens (including phenoxy) is 1. The monoisotopic (exact) mass is 308 g/mol. The van der Waals surface area contributed by atoms with Gasteiger partial charge in [-0.3, -0.25) is 14.6 Å². The average Bonchev–Trinajstić information content (AvgIpc) is 3.15. The summed E-state index contributed by atoms with van der Waals surface area (Å²) in [5.74, 6) is 1.64. The maximum atomic E-state index is 11.7. The molecule has 122 valence electrons. The van der Waals surface area contributed by atoms with Gasteiger partial charge in [-0.2, -0.15) is 4.98 Å². The lowest BCUT2D eigenvalue weighted by Crippen LogP contribution is -2.52. The second-order valence-electron chi connectivity index (χ2n) is 6.37. The molecule has 0 amide bonds. The molecule has 1 aromatic rings. The van der Waals surface area contributed by atoms with Crippen LogP contribution in [0, 0.1) is 0 Å². The molecule has 0 aromatic carbocycles. The number of hydrogen-bond donors (Lipinski definition) is 0. The van der Waals surface area contributed by atoms with Crippen LogP contribution < -0.4 is 0 Å². The molecule has 2 saturated heterocycles. The fourth-order valence-electron chi connectivity index (χ4n) is 3.06. The van der Waals surface area contributed by atoms with E-state index in [1.165, 1.54) is 0 Å². The van der Waals surface area contributed by atoms with Crippen molar-refractivity contribution in [2.45, 2.75) is 45.2 Å². The molecule has 2 aliphatic rings. The lowest BCUT2D eigenvalue weighted by molar-refractivity contribution is -0.143. The van der Waals surface area contributed by atoms with E-state index in [4.69, 9.17) is 9.26 Å². The highest BCUT2D eigenvalue weighted by Crippen LogP contribution is 2.23. The minimum atomic E-state index is -0.0695. The molecule has 7 heteroatoms. The number of piperazine rings is 1. The Balaban J connectivity index is 1.57. The smallest absolute Gasteiger partial charge is 0.323 e. The second kappa shape index (κ2) is 6.34. The molecular formula is C15H24N4O3. The van der Waals surface area contributed by atoms with E-state index in [1.807, 2.05) is 0 Å². The third kappa shape index (κ3) is 3.01. The van der Waals surface area contributed by atoms with Gasteiger partial charge in [0, 0.05) is 38.5 Å². The quantitative estimate of drug-likeness (QED) is 0.774. The first kappa shape index (κ1) is 15.4. The number of hydrogen-bond acceptors (Lipinski definition) is 7. The summed E-state index contributed by atoms with van der Waals surface area (Å²) in [4.78, 5) is 20.7. The summed E-state index contributed by atoms with van der Waals surface area (Å²) in [5.41, 5.74) is 0. The first-order valence-corrected chi connectivity index (χ1v) is 8.04. The van der Waals surface area contributed by atoms with Crippen LogP contribution in [0.2, 0.25) is 0 Å². The van der Waals surface area contributed by atoms with Crippen molar-refractivity contribution in [3.8, 4) is 0 Å². The molecule has 1 aromatic heterocycles. The summed E-state index contributed by atoms with van der Waals surface area (Å²) in [7, 11) is 0. The van der Waals surface area contributed by atoms with Gasteiger partial charge in [-0.25, -0.2) is 0 Å². The van der Waals surface area contributed by atoms with Gasteiger partial charge in [0.15, 0.2) is 5.82 Å². The molecule has 3 heterocycles. The van der Waals surface area contributed by atoms with Gasteiger partial charge in [-0.05, 0) is 6.92 Å². The molecule has 0 radical (unpaired) electrons. The lowest BCUT2D eigenvalue weighted by Gasteiger charge is -2.38. The van der Waals surface area contributed by atoms with Crippen LogP contribution >= 0.6 is 0 Å². The summed E-state index contributed by atoms with van der Waals surface area (Å²) in [5, 5.41) is 4.04. The zero-order chi connectivity index (χ0) is 15.7. The van der Waals surface area contributed by atoms with Crippen molar-refractivity contribution < 1.29 is 14.1 Å². The van der Waals surface area contributed by atoms with Crippen LogP contribution in [0.1, 0.15) is 50.9 Å². The van der Waals surface area contributed by atoms with Gasteiger partial charge in [-0.15, -0.1) is 0 Å². The lowest BCUT2D eigenvalue weighted by atomic mass is 10.1. The van der Waals surface area contributed by atoms with Crippen molar-refractivity contribution in [2.75, 3.05) is 32.8 Å². The molecule has 0 bridgehead atoms. The predicted molar refractivity (Wildman–Crippen MR) is 79.3 cm³/mol. The number of carbonyl (C=O) groups is 1. The zero-order valence-electron chi connectivity index (χ0n) is 13.5. The van der Waals surface area contributed by atoms with Crippen LogP contribution in [-0.2, 0) is 9.53 Å². The van der Waals surface area contributed by atoms with Crippen molar-refractivity contribution >= 4 is 5.97 Å². The van der Waals surface area contributed by atoms with E-state index in [-0.39, 0.29) is 24.0 Å². The van der Waals surface area contributed by atoms with E-state index < -0.39 is 0 Å². The third-order valence-corrected chi connectivity index (χ3v) is 4.58. The van der Waals surface area contributed by atoms with Gasteiger partial charge in [0.2, 0.25) is 5.89 Å². The number of nitrogens with zero attached hydrogens (tertiary/aromatic N) is 4. The van der Waals surface area contributed by atoms with Gasteiger partial charge < -0.3 is 9.26 Å². The molecule has 2 unspecified atom stereocenters. The fourth-order valence-corrected chi connectivity index (χ4v) is 3.06. The summed E-state index contributed by atoms with van der Waals surface area (Å²) < 4.78 is 10.5. The van der Waals surface area contributed by atoms with Crippen molar-refractivity contribution in [1.29, 1.82) is 0 Å². The number of carbonyl (C=O) groups excluding carboxylic acids is 1. The first-order valence-electron chi connectivity index (χ1n) is 8.04. The van der Waals surface area contributed by atoms with Crippen LogP contribution in [0.4, 0.5) is 0 Å². The van der Waals surface area contributed by atoms with Gasteiger partial charge in [0.1, 0.15) is 6.04 Å². The molecule has 3 rings (SSSR count). The number of esters is 1. The van der Waals surface area contributed by atoms with Crippen LogP contribution in [0.25, 0.3) is 0 Å². The maximum Gasteiger partial charge on any atom is 0.323 e. The second-order valence-corrected chi connectivity index (χ2v) is 6.37. The minimum Gasteiger partial charge on any atom is -0.464 e. The van der Waals surface area contributed by atoms with E-state index in [1.54, 1.807) is 0 Å². The van der Waals surface area contributed by atoms with Crippen LogP contribution in [0.5, 0.6) is 0 Å². The first-order chi connectivity index (χ1) is 10.6. The molecular weight excluding hydrogens is 284 g/mol. The standard InChI is InChI=1S/C15H24N4O3/c1-10(2)13-16-14(22-17-13)11(3)18-5-7-19(8-6-18)12-4-9-21-15(12)20/h10-12H,4-9H2,1-3H3. The Morgan fingerprint density at radius 1 is 1.18 bits per heavy atom. The van der Waals surface area contributed by atoms with Gasteiger partial charge in [-0.1, -0.05) is 19.0 Å². The van der Waals surface area contributed by atoms with E-state index in [0.29, 0.717) is 12.5 Å². The Morgan fingerprint density at radius 3 is 2.45 bits per heavy atom. The van der Waals surface area contributed by atoms with E-state index >= 15 is 0 Å². The molecule has 22 heavy (non-hydrogen) atoms. The van der Waals surface area contributed by atoms with Gasteiger partial charge >= 0.3 is 5.97 Å². The Morgan fingerprint density at radius 2 is 1.91 bits per heavy atom. The highest BCUT2D eigenvalue weighted by atomic mass is 16.5. The molecule has 0 N–H and O–H groups in total. The number of rotatable bonds is 4. The predicted octanol–water partition coefficient (Wildman–Crippen LogP) is 1.19. The van der Waals surface area contributed by atoms with Gasteiger partial charge in [0.25, 0.3) is 0 Å². The molecule has 0 aliphatic carbocycles. The Labute approximate surface area is 130 Å². The summed E-state index contributed by atoms with van der Waals surface area (Å²) in [6, 6.07) is 0.0612.